The summed E-state index contributed by atoms with van der Waals surface area (Å²) in [7, 11) is 1.91. The topological polar surface area (TPSA) is 94.8 Å². The molecule has 6 heteroatoms. The third-order valence-corrected chi connectivity index (χ3v) is 3.86. The standard InChI is InChI=1S/C19H18N6/c1-24(15-7-3-2-4-8-15)18-16-10-9-14(6-5-11-20)12-17(16)25(13-21)19(22)23-18/h2-4,7-10,12-13,21-22H,11,20H2,1H3. The minimum Gasteiger partial charge on any atom is -0.329 e. The number of fused-ring (bicyclic) bond motifs is 1. The maximum atomic E-state index is 8.18. The molecule has 3 aromatic rings. The van der Waals surface area contributed by atoms with Crippen LogP contribution in [0.4, 0.5) is 11.5 Å². The molecule has 0 fully saturated rings. The Bertz CT molecular complexity index is 1040. The number of nitrogens with two attached hydrogens (primary N) is 1. The van der Waals surface area contributed by atoms with Gasteiger partial charge in [0, 0.05) is 23.7 Å². The zero-order valence-corrected chi connectivity index (χ0v) is 13.8. The molecule has 0 radical (unpaired) electrons. The average Bonchev–Trinajstić information content (AvgIpc) is 2.65. The lowest BCUT2D eigenvalue weighted by molar-refractivity contribution is 0.915. The molecule has 0 bridgehead atoms. The second-order valence-electron chi connectivity index (χ2n) is 5.39. The Kier molecular flexibility index (Phi) is 4.59. The second-order valence-corrected chi connectivity index (χ2v) is 5.39. The number of para-hydroxylation sites is 1. The maximum Gasteiger partial charge on any atom is 0.229 e. The molecule has 0 amide bonds. The van der Waals surface area contributed by atoms with Crippen LogP contribution in [0.2, 0.25) is 0 Å². The number of aromatic nitrogens is 2. The first-order valence-electron chi connectivity index (χ1n) is 7.75. The van der Waals surface area contributed by atoms with Crippen LogP contribution in [0, 0.1) is 22.7 Å². The van der Waals surface area contributed by atoms with Crippen molar-refractivity contribution in [1.82, 2.24) is 9.55 Å². The zero-order valence-electron chi connectivity index (χ0n) is 13.8. The fourth-order valence-corrected chi connectivity index (χ4v) is 2.64. The number of rotatable bonds is 3. The van der Waals surface area contributed by atoms with Crippen LogP contribution < -0.4 is 16.3 Å². The van der Waals surface area contributed by atoms with Crippen molar-refractivity contribution in [2.45, 2.75) is 0 Å². The van der Waals surface area contributed by atoms with E-state index in [0.29, 0.717) is 11.3 Å². The predicted octanol–water partition coefficient (Wildman–Crippen LogP) is 2.05. The molecule has 4 N–H and O–H groups in total. The highest BCUT2D eigenvalue weighted by Crippen LogP contribution is 2.28. The van der Waals surface area contributed by atoms with Crippen molar-refractivity contribution in [3.8, 4) is 11.8 Å². The van der Waals surface area contributed by atoms with Gasteiger partial charge in [-0.25, -0.2) is 0 Å². The fourth-order valence-electron chi connectivity index (χ4n) is 2.64. The SMILES string of the molecule is CN(c1ccccc1)c1nc(=N)n(C=N)c2cc(C#CCN)ccc12. The second kappa shape index (κ2) is 6.99. The molecule has 1 heterocycles. The zero-order chi connectivity index (χ0) is 17.8. The molecular weight excluding hydrogens is 312 g/mol. The lowest BCUT2D eigenvalue weighted by atomic mass is 10.1. The summed E-state index contributed by atoms with van der Waals surface area (Å²) < 4.78 is 1.42. The molecule has 0 saturated heterocycles. The Balaban J connectivity index is 2.27. The van der Waals surface area contributed by atoms with Gasteiger partial charge in [-0.05, 0) is 30.3 Å². The van der Waals surface area contributed by atoms with Crippen molar-refractivity contribution in [2.75, 3.05) is 18.5 Å². The van der Waals surface area contributed by atoms with Gasteiger partial charge in [0.15, 0.2) is 0 Å². The van der Waals surface area contributed by atoms with E-state index in [0.717, 1.165) is 23.0 Å². The average molecular weight is 330 g/mol. The summed E-state index contributed by atoms with van der Waals surface area (Å²) in [6, 6.07) is 15.5. The smallest absolute Gasteiger partial charge is 0.229 e. The number of benzene rings is 2. The molecular formula is C19H18N6. The van der Waals surface area contributed by atoms with Gasteiger partial charge in [0.05, 0.1) is 18.4 Å². The number of nitrogens with zero attached hydrogens (tertiary/aromatic N) is 3. The van der Waals surface area contributed by atoms with Crippen molar-refractivity contribution < 1.29 is 0 Å². The molecule has 1 aromatic heterocycles. The Hall–Kier alpha value is -3.43. The lowest BCUT2D eigenvalue weighted by Crippen LogP contribution is -2.26. The predicted molar refractivity (Wildman–Crippen MR) is 100 cm³/mol. The van der Waals surface area contributed by atoms with E-state index < -0.39 is 0 Å². The van der Waals surface area contributed by atoms with Gasteiger partial charge in [-0.3, -0.25) is 15.4 Å². The normalized spacial score (nSPS) is 10.2. The lowest BCUT2D eigenvalue weighted by Gasteiger charge is -2.21. The van der Waals surface area contributed by atoms with Gasteiger partial charge < -0.3 is 10.6 Å². The molecule has 0 aliphatic rings. The minimum atomic E-state index is -0.00999. The molecule has 0 unspecified atom stereocenters. The van der Waals surface area contributed by atoms with Gasteiger partial charge in [-0.2, -0.15) is 4.98 Å². The van der Waals surface area contributed by atoms with Gasteiger partial charge in [0.25, 0.3) is 0 Å². The first kappa shape index (κ1) is 16.4. The molecule has 2 aromatic carbocycles. The van der Waals surface area contributed by atoms with Crippen LogP contribution in [-0.2, 0) is 0 Å². The van der Waals surface area contributed by atoms with E-state index in [-0.39, 0.29) is 12.2 Å². The van der Waals surface area contributed by atoms with Gasteiger partial charge in [0.1, 0.15) is 5.82 Å². The molecule has 0 spiro atoms. The van der Waals surface area contributed by atoms with Crippen LogP contribution in [0.5, 0.6) is 0 Å². The Labute approximate surface area is 145 Å². The Morgan fingerprint density at radius 1 is 1.24 bits per heavy atom. The van der Waals surface area contributed by atoms with E-state index in [4.69, 9.17) is 16.6 Å². The minimum absolute atomic E-state index is 0.00999. The fraction of sp³-hybridized carbons (Fsp3) is 0.105. The van der Waals surface area contributed by atoms with Crippen LogP contribution in [0.15, 0.2) is 48.5 Å². The van der Waals surface area contributed by atoms with E-state index in [2.05, 4.69) is 16.8 Å². The molecule has 0 aliphatic carbocycles. The highest BCUT2D eigenvalue weighted by molar-refractivity contribution is 5.94. The van der Waals surface area contributed by atoms with Crippen molar-refractivity contribution in [3.63, 3.8) is 0 Å². The van der Waals surface area contributed by atoms with Crippen LogP contribution in [0.3, 0.4) is 0 Å². The summed E-state index contributed by atoms with van der Waals surface area (Å²) in [5, 5.41) is 16.6. The third kappa shape index (κ3) is 3.13. The number of nitrogens with one attached hydrogen (secondary N) is 2. The van der Waals surface area contributed by atoms with Gasteiger partial charge in [-0.15, -0.1) is 0 Å². The third-order valence-electron chi connectivity index (χ3n) is 3.86. The number of anilines is 2. The summed E-state index contributed by atoms with van der Waals surface area (Å²) in [5.74, 6) is 6.47. The first-order chi connectivity index (χ1) is 12.2. The highest BCUT2D eigenvalue weighted by Gasteiger charge is 2.13. The first-order valence-corrected chi connectivity index (χ1v) is 7.75. The van der Waals surface area contributed by atoms with E-state index in [9.17, 15) is 0 Å². The maximum absolute atomic E-state index is 8.18. The largest absolute Gasteiger partial charge is 0.329 e. The summed E-state index contributed by atoms with van der Waals surface area (Å²) in [6.45, 7) is 0.282. The molecule has 3 rings (SSSR count). The summed E-state index contributed by atoms with van der Waals surface area (Å²) >= 11 is 0. The monoisotopic (exact) mass is 330 g/mol. The molecule has 6 nitrogen and oxygen atoms in total. The summed E-state index contributed by atoms with van der Waals surface area (Å²) in [5.41, 5.74) is 7.88. The van der Waals surface area contributed by atoms with Gasteiger partial charge in [-0.1, -0.05) is 30.0 Å². The summed E-state index contributed by atoms with van der Waals surface area (Å²) in [4.78, 5) is 6.32. The molecule has 124 valence electrons. The van der Waals surface area contributed by atoms with Crippen molar-refractivity contribution >= 4 is 28.7 Å². The van der Waals surface area contributed by atoms with Crippen molar-refractivity contribution in [1.29, 1.82) is 10.8 Å². The van der Waals surface area contributed by atoms with Crippen LogP contribution in [-0.4, -0.2) is 29.5 Å². The van der Waals surface area contributed by atoms with E-state index in [1.165, 1.54) is 4.57 Å². The van der Waals surface area contributed by atoms with Crippen LogP contribution in [0.1, 0.15) is 5.56 Å². The number of hydrogen-bond acceptors (Lipinski definition) is 5. The van der Waals surface area contributed by atoms with Crippen LogP contribution >= 0.6 is 0 Å². The Morgan fingerprint density at radius 2 is 2.00 bits per heavy atom. The quantitative estimate of drug-likeness (QED) is 0.390. The van der Waals surface area contributed by atoms with E-state index >= 15 is 0 Å². The molecule has 0 aliphatic heterocycles. The molecule has 25 heavy (non-hydrogen) atoms. The van der Waals surface area contributed by atoms with E-state index in [1.807, 2.05) is 60.5 Å². The van der Waals surface area contributed by atoms with Gasteiger partial charge in [0.2, 0.25) is 5.62 Å². The van der Waals surface area contributed by atoms with Crippen molar-refractivity contribution in [3.05, 3.63) is 59.7 Å². The Morgan fingerprint density at radius 3 is 2.68 bits per heavy atom. The number of hydrogen-bond donors (Lipinski definition) is 3. The molecule has 0 saturated carbocycles. The molecule has 0 atom stereocenters. The van der Waals surface area contributed by atoms with Crippen molar-refractivity contribution in [2.24, 2.45) is 5.73 Å². The van der Waals surface area contributed by atoms with Crippen LogP contribution in [0.25, 0.3) is 10.9 Å². The van der Waals surface area contributed by atoms with Gasteiger partial charge >= 0.3 is 0 Å². The highest BCUT2D eigenvalue weighted by atomic mass is 15.2. The van der Waals surface area contributed by atoms with E-state index in [1.54, 1.807) is 0 Å². The summed E-state index contributed by atoms with van der Waals surface area (Å²) in [6.07, 6.45) is 1.09.